The van der Waals surface area contributed by atoms with Crippen molar-refractivity contribution in [2.75, 3.05) is 0 Å². The van der Waals surface area contributed by atoms with Crippen molar-refractivity contribution in [2.45, 2.75) is 20.8 Å². The molecule has 0 atom stereocenters. The Kier molecular flexibility index (Phi) is 3.44. The van der Waals surface area contributed by atoms with Crippen LogP contribution in [0.5, 0.6) is 0 Å². The highest BCUT2D eigenvalue weighted by molar-refractivity contribution is 5.82. The Morgan fingerprint density at radius 1 is 1.33 bits per heavy atom. The fraction of sp³-hybridized carbons (Fsp3) is 0.273. The molecule has 0 saturated carbocycles. The van der Waals surface area contributed by atoms with Gasteiger partial charge in [-0.3, -0.25) is 10.1 Å². The van der Waals surface area contributed by atoms with Crippen LogP contribution in [0.3, 0.4) is 0 Å². The third kappa shape index (κ3) is 2.15. The molecule has 1 heterocycles. The number of hydrogen-bond donors (Lipinski definition) is 1. The van der Waals surface area contributed by atoms with Crippen molar-refractivity contribution < 1.29 is 4.92 Å². The Balaban J connectivity index is 0.000000531. The third-order valence-electron chi connectivity index (χ3n) is 2.07. The lowest BCUT2D eigenvalue weighted by Crippen LogP contribution is -1.90. The van der Waals surface area contributed by atoms with Crippen LogP contribution in [0.15, 0.2) is 24.4 Å². The second-order valence-corrected chi connectivity index (χ2v) is 2.96. The average Bonchev–Trinajstić information content (AvgIpc) is 2.66. The summed E-state index contributed by atoms with van der Waals surface area (Å²) in [5.74, 6) is 0. The second-order valence-electron chi connectivity index (χ2n) is 2.96. The SMILES string of the molecule is CC.Cc1cc2cc[nH]c2cc1[N+](=O)[O-]. The van der Waals surface area contributed by atoms with Crippen LogP contribution < -0.4 is 0 Å². The quantitative estimate of drug-likeness (QED) is 0.574. The Hall–Kier alpha value is -1.84. The zero-order chi connectivity index (χ0) is 11.4. The van der Waals surface area contributed by atoms with Crippen molar-refractivity contribution in [1.29, 1.82) is 0 Å². The molecule has 0 aliphatic heterocycles. The van der Waals surface area contributed by atoms with E-state index in [2.05, 4.69) is 4.98 Å². The van der Waals surface area contributed by atoms with Crippen molar-refractivity contribution in [3.8, 4) is 0 Å². The van der Waals surface area contributed by atoms with Gasteiger partial charge in [-0.2, -0.15) is 0 Å². The molecule has 0 spiro atoms. The van der Waals surface area contributed by atoms with Crippen molar-refractivity contribution in [2.24, 2.45) is 0 Å². The molecule has 1 aromatic carbocycles. The molecule has 0 aliphatic rings. The molecule has 0 radical (unpaired) electrons. The first-order valence-corrected chi connectivity index (χ1v) is 4.90. The predicted octanol–water partition coefficient (Wildman–Crippen LogP) is 3.41. The normalized spacial score (nSPS) is 9.53. The topological polar surface area (TPSA) is 58.9 Å². The Morgan fingerprint density at radius 2 is 2.00 bits per heavy atom. The lowest BCUT2D eigenvalue weighted by molar-refractivity contribution is -0.385. The summed E-state index contributed by atoms with van der Waals surface area (Å²) in [4.78, 5) is 13.2. The van der Waals surface area contributed by atoms with E-state index in [1.165, 1.54) is 0 Å². The molecule has 80 valence electrons. The molecule has 1 aromatic heterocycles. The largest absolute Gasteiger partial charge is 0.361 e. The van der Waals surface area contributed by atoms with Crippen LogP contribution in [0.25, 0.3) is 10.9 Å². The number of fused-ring (bicyclic) bond motifs is 1. The van der Waals surface area contributed by atoms with Gasteiger partial charge in [0, 0.05) is 23.2 Å². The number of H-pyrrole nitrogens is 1. The lowest BCUT2D eigenvalue weighted by Gasteiger charge is -1.96. The fourth-order valence-corrected chi connectivity index (χ4v) is 1.40. The maximum Gasteiger partial charge on any atom is 0.274 e. The number of aryl methyl sites for hydroxylation is 1. The highest BCUT2D eigenvalue weighted by Crippen LogP contribution is 2.23. The molecule has 0 aliphatic carbocycles. The van der Waals surface area contributed by atoms with Crippen LogP contribution in [0, 0.1) is 17.0 Å². The number of nitro groups is 1. The molecule has 0 unspecified atom stereocenters. The number of rotatable bonds is 1. The molecular formula is C11H14N2O2. The minimum absolute atomic E-state index is 0.162. The molecule has 0 fully saturated rings. The first kappa shape index (κ1) is 11.2. The van der Waals surface area contributed by atoms with Gasteiger partial charge in [0.1, 0.15) is 0 Å². The number of aromatic amines is 1. The molecule has 4 nitrogen and oxygen atoms in total. The molecule has 0 bridgehead atoms. The van der Waals surface area contributed by atoms with Gasteiger partial charge in [0.2, 0.25) is 0 Å². The molecule has 2 aromatic rings. The van der Waals surface area contributed by atoms with Crippen LogP contribution >= 0.6 is 0 Å². The van der Waals surface area contributed by atoms with Gasteiger partial charge < -0.3 is 4.98 Å². The number of nitro benzene ring substituents is 1. The van der Waals surface area contributed by atoms with Gasteiger partial charge in [0.25, 0.3) is 5.69 Å². The maximum atomic E-state index is 10.6. The van der Waals surface area contributed by atoms with E-state index >= 15 is 0 Å². The summed E-state index contributed by atoms with van der Waals surface area (Å²) in [5, 5.41) is 11.6. The van der Waals surface area contributed by atoms with Gasteiger partial charge in [-0.25, -0.2) is 0 Å². The van der Waals surface area contributed by atoms with E-state index in [9.17, 15) is 10.1 Å². The van der Waals surface area contributed by atoms with Gasteiger partial charge in [0.15, 0.2) is 0 Å². The number of nitrogens with zero attached hydrogens (tertiary/aromatic N) is 1. The number of hydrogen-bond acceptors (Lipinski definition) is 2. The van der Waals surface area contributed by atoms with E-state index in [1.807, 2.05) is 26.0 Å². The molecular weight excluding hydrogens is 192 g/mol. The van der Waals surface area contributed by atoms with Crippen molar-refractivity contribution in [3.63, 3.8) is 0 Å². The lowest BCUT2D eigenvalue weighted by atomic mass is 10.1. The second kappa shape index (κ2) is 4.59. The Labute approximate surface area is 88.1 Å². The number of benzene rings is 1. The molecule has 15 heavy (non-hydrogen) atoms. The van der Waals surface area contributed by atoms with Gasteiger partial charge in [-0.15, -0.1) is 0 Å². The standard InChI is InChI=1S/C9H8N2O2.C2H6/c1-6-4-7-2-3-10-8(7)5-9(6)11(12)13;1-2/h2-5,10H,1H3;1-2H3. The summed E-state index contributed by atoms with van der Waals surface area (Å²) >= 11 is 0. The highest BCUT2D eigenvalue weighted by atomic mass is 16.6. The number of nitrogens with one attached hydrogen (secondary N) is 1. The summed E-state index contributed by atoms with van der Waals surface area (Å²) < 4.78 is 0. The van der Waals surface area contributed by atoms with Crippen LogP contribution in [-0.2, 0) is 0 Å². The van der Waals surface area contributed by atoms with Gasteiger partial charge in [-0.1, -0.05) is 13.8 Å². The summed E-state index contributed by atoms with van der Waals surface area (Å²) in [6, 6.07) is 5.26. The summed E-state index contributed by atoms with van der Waals surface area (Å²) in [6.07, 6.45) is 1.77. The predicted molar refractivity (Wildman–Crippen MR) is 61.0 cm³/mol. The summed E-state index contributed by atoms with van der Waals surface area (Å²) in [7, 11) is 0. The molecule has 1 N–H and O–H groups in total. The van der Waals surface area contributed by atoms with E-state index in [0.717, 1.165) is 10.9 Å². The number of aromatic nitrogens is 1. The van der Waals surface area contributed by atoms with E-state index in [-0.39, 0.29) is 10.6 Å². The molecule has 4 heteroatoms. The van der Waals surface area contributed by atoms with Gasteiger partial charge >= 0.3 is 0 Å². The zero-order valence-corrected chi connectivity index (χ0v) is 9.07. The van der Waals surface area contributed by atoms with Crippen LogP contribution in [0.4, 0.5) is 5.69 Å². The van der Waals surface area contributed by atoms with E-state index in [1.54, 1.807) is 19.2 Å². The minimum Gasteiger partial charge on any atom is -0.361 e. The van der Waals surface area contributed by atoms with Gasteiger partial charge in [0.05, 0.1) is 10.4 Å². The van der Waals surface area contributed by atoms with Crippen LogP contribution in [0.2, 0.25) is 0 Å². The van der Waals surface area contributed by atoms with E-state index in [0.29, 0.717) is 5.56 Å². The summed E-state index contributed by atoms with van der Waals surface area (Å²) in [6.45, 7) is 5.74. The van der Waals surface area contributed by atoms with E-state index < -0.39 is 0 Å². The van der Waals surface area contributed by atoms with Crippen molar-refractivity contribution in [1.82, 2.24) is 4.98 Å². The maximum absolute atomic E-state index is 10.6. The van der Waals surface area contributed by atoms with E-state index in [4.69, 9.17) is 0 Å². The summed E-state index contributed by atoms with van der Waals surface area (Å²) in [5.41, 5.74) is 1.66. The van der Waals surface area contributed by atoms with Crippen molar-refractivity contribution in [3.05, 3.63) is 40.1 Å². The van der Waals surface area contributed by atoms with Gasteiger partial charge in [-0.05, 0) is 19.1 Å². The third-order valence-corrected chi connectivity index (χ3v) is 2.07. The monoisotopic (exact) mass is 206 g/mol. The smallest absolute Gasteiger partial charge is 0.274 e. The first-order chi connectivity index (χ1) is 7.18. The zero-order valence-electron chi connectivity index (χ0n) is 9.07. The Bertz CT molecular complexity index is 474. The highest BCUT2D eigenvalue weighted by Gasteiger charge is 2.11. The van der Waals surface area contributed by atoms with Crippen LogP contribution in [0.1, 0.15) is 19.4 Å². The Morgan fingerprint density at radius 3 is 2.60 bits per heavy atom. The minimum atomic E-state index is -0.365. The van der Waals surface area contributed by atoms with Crippen molar-refractivity contribution >= 4 is 16.6 Å². The first-order valence-electron chi connectivity index (χ1n) is 4.90. The molecule has 0 saturated heterocycles. The molecule has 2 rings (SSSR count). The fourth-order valence-electron chi connectivity index (χ4n) is 1.40. The van der Waals surface area contributed by atoms with Crippen LogP contribution in [-0.4, -0.2) is 9.91 Å². The average molecular weight is 206 g/mol. The molecule has 0 amide bonds.